The molecule has 0 unspecified atom stereocenters. The zero-order valence-electron chi connectivity index (χ0n) is 41.5. The van der Waals surface area contributed by atoms with Gasteiger partial charge in [0.05, 0.1) is 28.5 Å². The summed E-state index contributed by atoms with van der Waals surface area (Å²) in [7, 11) is 0. The van der Waals surface area contributed by atoms with E-state index in [2.05, 4.69) is 220 Å². The van der Waals surface area contributed by atoms with E-state index >= 15 is 0 Å². The molecule has 0 bridgehead atoms. The third-order valence-corrected chi connectivity index (χ3v) is 13.8. The van der Waals surface area contributed by atoms with Crippen LogP contribution in [0.5, 0.6) is 5.75 Å². The van der Waals surface area contributed by atoms with Crippen LogP contribution < -0.4 is 0 Å². The third-order valence-electron chi connectivity index (χ3n) is 13.8. The number of pyridine rings is 1. The number of para-hydroxylation sites is 2. The van der Waals surface area contributed by atoms with E-state index in [0.717, 1.165) is 88.9 Å². The zero-order valence-corrected chi connectivity index (χ0v) is 43.8. The molecule has 3 heterocycles. The van der Waals surface area contributed by atoms with E-state index in [4.69, 9.17) is 14.4 Å². The monoisotopic (exact) mass is 1090 g/mol. The minimum absolute atomic E-state index is 0. The Morgan fingerprint density at radius 2 is 1.17 bits per heavy atom. The van der Waals surface area contributed by atoms with Crippen LogP contribution in [0.3, 0.4) is 0 Å². The number of nitrogens with zero attached hydrogens (tertiary/aromatic N) is 3. The topological polar surface area (TPSA) is 64.1 Å². The summed E-state index contributed by atoms with van der Waals surface area (Å²) >= 11 is 0. The molecule has 0 aliphatic heterocycles. The summed E-state index contributed by atoms with van der Waals surface area (Å²) in [5.41, 5.74) is 15.2. The molecular weight excluding hydrogens is 1030 g/mol. The number of fused-ring (bicyclic) bond motifs is 4. The van der Waals surface area contributed by atoms with Crippen molar-refractivity contribution in [2.24, 2.45) is 0 Å². The van der Waals surface area contributed by atoms with Gasteiger partial charge in [0.15, 0.2) is 5.58 Å². The number of furan rings is 1. The summed E-state index contributed by atoms with van der Waals surface area (Å²) in [5.74, 6) is 0.909. The maximum Gasteiger partial charge on any atom is 0.152 e. The van der Waals surface area contributed by atoms with Crippen molar-refractivity contribution in [3.63, 3.8) is 0 Å². The normalized spacial score (nSPS) is 12.5. The molecule has 69 heavy (non-hydrogen) atoms. The van der Waals surface area contributed by atoms with Crippen LogP contribution in [0, 0.1) is 6.07 Å². The van der Waals surface area contributed by atoms with E-state index in [0.29, 0.717) is 11.4 Å². The molecule has 0 saturated heterocycles. The summed E-state index contributed by atoms with van der Waals surface area (Å²) in [4.78, 5) is 10.7. The minimum Gasteiger partial charge on any atom is -0.507 e. The molecule has 1 N–H and O–H groups in total. The second kappa shape index (κ2) is 17.4. The first-order valence-corrected chi connectivity index (χ1v) is 23.8. The van der Waals surface area contributed by atoms with Crippen molar-refractivity contribution >= 4 is 33.0 Å². The maximum atomic E-state index is 12.6. The molecule has 0 aliphatic rings. The van der Waals surface area contributed by atoms with Gasteiger partial charge < -0.3 is 9.52 Å². The van der Waals surface area contributed by atoms with E-state index < -0.39 is 0 Å². The summed E-state index contributed by atoms with van der Waals surface area (Å²) in [5, 5.41) is 14.7. The van der Waals surface area contributed by atoms with Gasteiger partial charge in [-0.2, -0.15) is 0 Å². The quantitative estimate of drug-likeness (QED) is 0.162. The van der Waals surface area contributed by atoms with Gasteiger partial charge in [-0.25, -0.2) is 4.98 Å². The van der Waals surface area contributed by atoms with E-state index in [1.54, 1.807) is 0 Å². The Morgan fingerprint density at radius 3 is 1.87 bits per heavy atom. The Balaban J connectivity index is 0.00000593. The van der Waals surface area contributed by atoms with Crippen LogP contribution in [0.15, 0.2) is 162 Å². The number of benzene rings is 7. The number of rotatable bonds is 7. The Morgan fingerprint density at radius 1 is 0.522 bits per heavy atom. The Hall–Kier alpha value is -6.55. The molecule has 0 spiro atoms. The largest absolute Gasteiger partial charge is 0.507 e. The molecule has 0 atom stereocenters. The van der Waals surface area contributed by atoms with Gasteiger partial charge in [0, 0.05) is 54.1 Å². The molecular formula is C63H60N3O2Pt-. The fourth-order valence-electron chi connectivity index (χ4n) is 9.61. The van der Waals surface area contributed by atoms with Crippen LogP contribution >= 0.6 is 0 Å². The molecule has 0 fully saturated rings. The molecule has 3 aromatic heterocycles. The summed E-state index contributed by atoms with van der Waals surface area (Å²) in [6.07, 6.45) is 1.83. The Bertz CT molecular complexity index is 3540. The van der Waals surface area contributed by atoms with Crippen molar-refractivity contribution in [3.8, 4) is 56.3 Å². The van der Waals surface area contributed by atoms with Crippen LogP contribution in [-0.4, -0.2) is 19.6 Å². The van der Waals surface area contributed by atoms with Crippen LogP contribution in [-0.2, 0) is 42.7 Å². The molecule has 6 heteroatoms. The van der Waals surface area contributed by atoms with Crippen LogP contribution in [0.25, 0.3) is 83.6 Å². The first-order chi connectivity index (χ1) is 32.3. The molecule has 10 aromatic rings. The maximum absolute atomic E-state index is 12.6. The van der Waals surface area contributed by atoms with E-state index in [1.165, 1.54) is 11.1 Å². The average molecular weight is 1090 g/mol. The van der Waals surface area contributed by atoms with Gasteiger partial charge in [-0.1, -0.05) is 196 Å². The predicted molar refractivity (Wildman–Crippen MR) is 283 cm³/mol. The average Bonchev–Trinajstić information content (AvgIpc) is 3.89. The number of phenols is 1. The van der Waals surface area contributed by atoms with Gasteiger partial charge in [-0.15, -0.1) is 29.3 Å². The van der Waals surface area contributed by atoms with Crippen LogP contribution in [0.2, 0.25) is 0 Å². The fourth-order valence-corrected chi connectivity index (χ4v) is 9.61. The van der Waals surface area contributed by atoms with E-state index in [1.807, 2.05) is 24.4 Å². The van der Waals surface area contributed by atoms with Gasteiger partial charge in [-0.3, -0.25) is 9.55 Å². The molecule has 0 amide bonds. The zero-order chi connectivity index (χ0) is 47.9. The number of phenolic OH excluding ortho intramolecular Hbond substituents is 1. The first kappa shape index (κ1) is 47.5. The molecule has 10 rings (SSSR count). The van der Waals surface area contributed by atoms with Crippen molar-refractivity contribution in [2.45, 2.75) is 97.8 Å². The summed E-state index contributed by atoms with van der Waals surface area (Å²) in [6.45, 7) is 24.5. The second-order valence-electron chi connectivity index (χ2n) is 22.1. The minimum atomic E-state index is -0.382. The number of imidazole rings is 1. The second-order valence-corrected chi connectivity index (χ2v) is 22.1. The van der Waals surface area contributed by atoms with Crippen LogP contribution in [0.4, 0.5) is 0 Å². The standard InChI is InChI=1S/C63H60N3O2.Pt/c1-60(2,3)43-29-30-53(48(34-43)39-21-14-12-15-22-39)66-54-27-20-26-46(57(54)65-59(66)50-35-44(61(4,5)6)36-51(58(50)67)62(7,8)9)40-31-41(33-45(32-40)63(10,11)42-23-16-13-17-24-42)52-37-49-47-25-18-19-28-55(47)68-56(49)38-64-52;/h12-30,32-38,67H,1-11H3;/q-1;. The SMILES string of the molecule is CC(C)(C)c1ccc(-n2c(-c3cc(C(C)(C)C)cc(C(C)(C)C)c3O)nc3c(-c4[c-]c(-c5cc6c(cn5)oc5ccccc56)cc(C(C)(C)c5ccccc5)c4)cccc32)c(-c2ccccc2)c1.[Pt]. The van der Waals surface area contributed by atoms with E-state index in [-0.39, 0.29) is 48.5 Å². The van der Waals surface area contributed by atoms with Gasteiger partial charge in [0.1, 0.15) is 17.2 Å². The van der Waals surface area contributed by atoms with Gasteiger partial charge in [-0.05, 0) is 68.8 Å². The molecule has 7 aromatic carbocycles. The Labute approximate surface area is 421 Å². The number of hydrogen-bond donors (Lipinski definition) is 1. The summed E-state index contributed by atoms with van der Waals surface area (Å²) in [6, 6.07) is 57.6. The molecule has 350 valence electrons. The van der Waals surface area contributed by atoms with Crippen molar-refractivity contribution in [1.82, 2.24) is 14.5 Å². The molecule has 5 nitrogen and oxygen atoms in total. The van der Waals surface area contributed by atoms with Crippen molar-refractivity contribution < 1.29 is 30.6 Å². The predicted octanol–water partition coefficient (Wildman–Crippen LogP) is 16.7. The number of hydrogen-bond acceptors (Lipinski definition) is 4. The fraction of sp³-hybridized carbons (Fsp3) is 0.238. The van der Waals surface area contributed by atoms with Gasteiger partial charge >= 0.3 is 0 Å². The summed E-state index contributed by atoms with van der Waals surface area (Å²) < 4.78 is 8.50. The molecule has 0 radical (unpaired) electrons. The number of aromatic nitrogens is 3. The van der Waals surface area contributed by atoms with E-state index in [9.17, 15) is 5.11 Å². The first-order valence-electron chi connectivity index (χ1n) is 23.8. The van der Waals surface area contributed by atoms with Crippen molar-refractivity contribution in [3.05, 3.63) is 192 Å². The smallest absolute Gasteiger partial charge is 0.152 e. The Kier molecular flexibility index (Phi) is 12.0. The van der Waals surface area contributed by atoms with Gasteiger partial charge in [0.25, 0.3) is 0 Å². The molecule has 0 aliphatic carbocycles. The van der Waals surface area contributed by atoms with Crippen LogP contribution in [0.1, 0.15) is 104 Å². The molecule has 0 saturated carbocycles. The number of aromatic hydroxyl groups is 1. The van der Waals surface area contributed by atoms with Gasteiger partial charge in [0.2, 0.25) is 0 Å². The van der Waals surface area contributed by atoms with Crippen molar-refractivity contribution in [1.29, 1.82) is 0 Å². The van der Waals surface area contributed by atoms with Crippen molar-refractivity contribution in [2.75, 3.05) is 0 Å². The third kappa shape index (κ3) is 8.65.